The van der Waals surface area contributed by atoms with Crippen LogP contribution < -0.4 is 10.0 Å². The Morgan fingerprint density at radius 3 is 2.81 bits per heavy atom. The molecule has 8 heteroatoms. The molecule has 21 heavy (non-hydrogen) atoms. The van der Waals surface area contributed by atoms with E-state index in [9.17, 15) is 17.6 Å². The highest BCUT2D eigenvalue weighted by molar-refractivity contribution is 7.92. The van der Waals surface area contributed by atoms with Crippen LogP contribution in [0.2, 0.25) is 0 Å². The first kappa shape index (κ1) is 15.7. The third kappa shape index (κ3) is 4.15. The first-order chi connectivity index (χ1) is 9.76. The summed E-state index contributed by atoms with van der Waals surface area (Å²) in [4.78, 5) is 14.0. The zero-order chi connectivity index (χ0) is 15.6. The number of carbonyl (C=O) groups excluding carboxylic acids is 1. The second-order valence-corrected chi connectivity index (χ2v) is 6.92. The van der Waals surface area contributed by atoms with Crippen LogP contribution in [-0.4, -0.2) is 51.2 Å². The molecule has 0 aliphatic carbocycles. The largest absolute Gasteiger partial charge is 0.336 e. The lowest BCUT2D eigenvalue weighted by Gasteiger charge is -2.32. The standard InChI is InChI=1S/C13H18FN3O3S/c1-9-8-17(6-5-15-9)13(18)10-3-4-11(14)12(7-10)16-21(2,19)20/h3-4,7,9,15-16H,5-6,8H2,1-2H3. The summed E-state index contributed by atoms with van der Waals surface area (Å²) in [5.74, 6) is -0.953. The van der Waals surface area contributed by atoms with Crippen molar-refractivity contribution >= 4 is 21.6 Å². The Balaban J connectivity index is 2.23. The molecule has 1 aromatic carbocycles. The van der Waals surface area contributed by atoms with Crippen LogP contribution in [0.25, 0.3) is 0 Å². The van der Waals surface area contributed by atoms with Crippen LogP contribution in [0.15, 0.2) is 18.2 Å². The number of carbonyl (C=O) groups is 1. The van der Waals surface area contributed by atoms with Gasteiger partial charge in [-0.1, -0.05) is 0 Å². The Labute approximate surface area is 123 Å². The van der Waals surface area contributed by atoms with Crippen molar-refractivity contribution in [2.75, 3.05) is 30.6 Å². The van der Waals surface area contributed by atoms with Crippen LogP contribution in [0.3, 0.4) is 0 Å². The first-order valence-corrected chi connectivity index (χ1v) is 8.45. The molecule has 0 saturated carbocycles. The van der Waals surface area contributed by atoms with E-state index in [2.05, 4.69) is 10.0 Å². The van der Waals surface area contributed by atoms with E-state index < -0.39 is 15.8 Å². The highest BCUT2D eigenvalue weighted by Gasteiger charge is 2.22. The summed E-state index contributed by atoms with van der Waals surface area (Å²) in [6.07, 6.45) is 0.929. The van der Waals surface area contributed by atoms with Gasteiger partial charge in [0.15, 0.2) is 0 Å². The van der Waals surface area contributed by atoms with Gasteiger partial charge in [-0.05, 0) is 25.1 Å². The van der Waals surface area contributed by atoms with Crippen LogP contribution in [0.4, 0.5) is 10.1 Å². The van der Waals surface area contributed by atoms with Crippen molar-refractivity contribution < 1.29 is 17.6 Å². The summed E-state index contributed by atoms with van der Waals surface area (Å²) in [5.41, 5.74) is 0.0446. The summed E-state index contributed by atoms with van der Waals surface area (Å²) in [5, 5.41) is 3.22. The molecule has 2 N–H and O–H groups in total. The van der Waals surface area contributed by atoms with Crippen molar-refractivity contribution in [3.05, 3.63) is 29.6 Å². The molecule has 1 unspecified atom stereocenters. The fraction of sp³-hybridized carbons (Fsp3) is 0.462. The molecule has 0 aromatic heterocycles. The van der Waals surface area contributed by atoms with E-state index in [1.807, 2.05) is 6.92 Å². The number of benzene rings is 1. The van der Waals surface area contributed by atoms with Crippen LogP contribution in [0.5, 0.6) is 0 Å². The van der Waals surface area contributed by atoms with Crippen molar-refractivity contribution in [2.24, 2.45) is 0 Å². The maximum Gasteiger partial charge on any atom is 0.254 e. The van der Waals surface area contributed by atoms with Gasteiger partial charge in [-0.2, -0.15) is 0 Å². The zero-order valence-corrected chi connectivity index (χ0v) is 12.7. The Kier molecular flexibility index (Phi) is 4.48. The maximum atomic E-state index is 13.6. The van der Waals surface area contributed by atoms with Crippen molar-refractivity contribution in [3.63, 3.8) is 0 Å². The number of hydrogen-bond donors (Lipinski definition) is 2. The molecule has 6 nitrogen and oxygen atoms in total. The monoisotopic (exact) mass is 315 g/mol. The predicted molar refractivity (Wildman–Crippen MR) is 78.2 cm³/mol. The second-order valence-electron chi connectivity index (χ2n) is 5.18. The lowest BCUT2D eigenvalue weighted by Crippen LogP contribution is -2.51. The second kappa shape index (κ2) is 5.98. The molecule has 1 amide bonds. The van der Waals surface area contributed by atoms with Crippen LogP contribution in [0, 0.1) is 5.82 Å². The molecule has 1 atom stereocenters. The van der Waals surface area contributed by atoms with E-state index in [-0.39, 0.29) is 23.2 Å². The Hall–Kier alpha value is -1.67. The smallest absolute Gasteiger partial charge is 0.254 e. The number of amides is 1. The van der Waals surface area contributed by atoms with Gasteiger partial charge in [0.25, 0.3) is 5.91 Å². The van der Waals surface area contributed by atoms with Gasteiger partial charge in [0.05, 0.1) is 11.9 Å². The summed E-state index contributed by atoms with van der Waals surface area (Å²) >= 11 is 0. The molecule has 0 bridgehead atoms. The maximum absolute atomic E-state index is 13.6. The van der Waals surface area contributed by atoms with E-state index in [1.165, 1.54) is 12.1 Å². The minimum Gasteiger partial charge on any atom is -0.336 e. The number of halogens is 1. The highest BCUT2D eigenvalue weighted by Crippen LogP contribution is 2.19. The van der Waals surface area contributed by atoms with Crippen molar-refractivity contribution in [2.45, 2.75) is 13.0 Å². The molecule has 1 saturated heterocycles. The van der Waals surface area contributed by atoms with Gasteiger partial charge in [0.1, 0.15) is 5.82 Å². The lowest BCUT2D eigenvalue weighted by atomic mass is 10.1. The number of rotatable bonds is 3. The van der Waals surface area contributed by atoms with Crippen molar-refractivity contribution in [1.29, 1.82) is 0 Å². The fourth-order valence-electron chi connectivity index (χ4n) is 2.24. The van der Waals surface area contributed by atoms with Gasteiger partial charge in [-0.15, -0.1) is 0 Å². The first-order valence-electron chi connectivity index (χ1n) is 6.56. The molecule has 2 rings (SSSR count). The molecule has 1 aliphatic rings. The minimum absolute atomic E-state index is 0.191. The van der Waals surface area contributed by atoms with Crippen LogP contribution in [0.1, 0.15) is 17.3 Å². The van der Waals surface area contributed by atoms with Gasteiger partial charge in [-0.25, -0.2) is 12.8 Å². The Morgan fingerprint density at radius 2 is 2.19 bits per heavy atom. The topological polar surface area (TPSA) is 78.5 Å². The summed E-state index contributed by atoms with van der Waals surface area (Å²) < 4.78 is 38.1. The molecule has 0 spiro atoms. The third-order valence-corrected chi connectivity index (χ3v) is 3.76. The van der Waals surface area contributed by atoms with Gasteiger partial charge in [0, 0.05) is 31.2 Å². The molecule has 1 aromatic rings. The average molecular weight is 315 g/mol. The Bertz CT molecular complexity index is 648. The van der Waals surface area contributed by atoms with Crippen molar-refractivity contribution in [3.8, 4) is 0 Å². The average Bonchev–Trinajstić information content (AvgIpc) is 2.39. The van der Waals surface area contributed by atoms with Gasteiger partial charge in [-0.3, -0.25) is 9.52 Å². The lowest BCUT2D eigenvalue weighted by molar-refractivity contribution is 0.0709. The molecule has 1 aliphatic heterocycles. The third-order valence-electron chi connectivity index (χ3n) is 3.16. The number of hydrogen-bond acceptors (Lipinski definition) is 4. The molecule has 1 fully saturated rings. The predicted octanol–water partition coefficient (Wildman–Crippen LogP) is 0.631. The van der Waals surface area contributed by atoms with Crippen LogP contribution >= 0.6 is 0 Å². The van der Waals surface area contributed by atoms with Gasteiger partial charge < -0.3 is 10.2 Å². The summed E-state index contributed by atoms with van der Waals surface area (Å²) in [6, 6.07) is 3.87. The highest BCUT2D eigenvalue weighted by atomic mass is 32.2. The minimum atomic E-state index is -3.60. The van der Waals surface area contributed by atoms with Crippen LogP contribution in [-0.2, 0) is 10.0 Å². The number of anilines is 1. The molecular weight excluding hydrogens is 297 g/mol. The van der Waals surface area contributed by atoms with Gasteiger partial charge in [0.2, 0.25) is 10.0 Å². The Morgan fingerprint density at radius 1 is 1.48 bits per heavy atom. The summed E-state index contributed by atoms with van der Waals surface area (Å²) in [7, 11) is -3.60. The van der Waals surface area contributed by atoms with Crippen molar-refractivity contribution in [1.82, 2.24) is 10.2 Å². The molecule has 116 valence electrons. The quantitative estimate of drug-likeness (QED) is 0.857. The number of nitrogens with one attached hydrogen (secondary N) is 2. The molecule has 1 heterocycles. The van der Waals surface area contributed by atoms with E-state index in [1.54, 1.807) is 4.90 Å². The van der Waals surface area contributed by atoms with Gasteiger partial charge >= 0.3 is 0 Å². The van der Waals surface area contributed by atoms with E-state index in [0.717, 1.165) is 12.3 Å². The zero-order valence-electron chi connectivity index (χ0n) is 11.9. The number of piperazine rings is 1. The molecular formula is C13H18FN3O3S. The molecule has 0 radical (unpaired) electrons. The van der Waals surface area contributed by atoms with E-state index >= 15 is 0 Å². The number of nitrogens with zero attached hydrogens (tertiary/aromatic N) is 1. The van der Waals surface area contributed by atoms with E-state index in [4.69, 9.17) is 0 Å². The number of sulfonamides is 1. The normalized spacial score (nSPS) is 19.4. The SMILES string of the molecule is CC1CN(C(=O)c2ccc(F)c(NS(C)(=O)=O)c2)CCN1. The fourth-order valence-corrected chi connectivity index (χ4v) is 2.79. The van der Waals surface area contributed by atoms with E-state index in [0.29, 0.717) is 19.6 Å². The summed E-state index contributed by atoms with van der Waals surface area (Å²) in [6.45, 7) is 3.80.